The Morgan fingerprint density at radius 2 is 1.88 bits per heavy atom. The van der Waals surface area contributed by atoms with Crippen molar-refractivity contribution in [1.29, 1.82) is 0 Å². The van der Waals surface area contributed by atoms with E-state index in [1.807, 2.05) is 12.1 Å². The van der Waals surface area contributed by atoms with Gasteiger partial charge in [0.1, 0.15) is 11.9 Å². The third kappa shape index (κ3) is 5.36. The van der Waals surface area contributed by atoms with Gasteiger partial charge in [0.05, 0.1) is 16.6 Å². The maximum Gasteiger partial charge on any atom is 0.335 e. The van der Waals surface area contributed by atoms with Gasteiger partial charge >= 0.3 is 5.97 Å². The standard InChI is InChI=1S/C25H24N2O6/c28-23(19-2-1-3-21(13-19)27(31)32)15-26-14-22-10-8-20-12-18(9-11-24(20)33-22)16-4-6-17(7-5-16)25(29)30/h1-7,9,11-13,22-23,26,28H,8,10,14-15H2,(H,29,30)/t22-,23?/m1/s1. The molecule has 0 saturated heterocycles. The predicted molar refractivity (Wildman–Crippen MR) is 123 cm³/mol. The fourth-order valence-corrected chi connectivity index (χ4v) is 3.92. The second-order valence-electron chi connectivity index (χ2n) is 8.01. The SMILES string of the molecule is O=C(O)c1ccc(-c2ccc3c(c2)CC[C@H](CNCC(O)c2cccc([N+](=O)[O-])c2)O3)cc1. The van der Waals surface area contributed by atoms with E-state index in [1.54, 1.807) is 36.4 Å². The molecule has 1 aliphatic heterocycles. The first-order valence-corrected chi connectivity index (χ1v) is 10.7. The number of carboxylic acids is 1. The Balaban J connectivity index is 1.32. The molecule has 0 aliphatic carbocycles. The van der Waals surface area contributed by atoms with E-state index in [0.717, 1.165) is 35.3 Å². The number of ether oxygens (including phenoxy) is 1. The number of nitrogens with one attached hydrogen (secondary N) is 1. The molecule has 0 spiro atoms. The van der Waals surface area contributed by atoms with Gasteiger partial charge in [0.25, 0.3) is 5.69 Å². The maximum atomic E-state index is 11.0. The summed E-state index contributed by atoms with van der Waals surface area (Å²) in [6, 6.07) is 18.8. The molecule has 4 rings (SSSR count). The van der Waals surface area contributed by atoms with Crippen LogP contribution < -0.4 is 10.1 Å². The summed E-state index contributed by atoms with van der Waals surface area (Å²) in [5.41, 5.74) is 3.76. The zero-order chi connectivity index (χ0) is 23.4. The molecule has 33 heavy (non-hydrogen) atoms. The first kappa shape index (κ1) is 22.4. The summed E-state index contributed by atoms with van der Waals surface area (Å²) in [4.78, 5) is 21.5. The third-order valence-electron chi connectivity index (χ3n) is 5.73. The Hall–Kier alpha value is -3.75. The minimum atomic E-state index is -0.947. The molecule has 170 valence electrons. The molecule has 0 bridgehead atoms. The van der Waals surface area contributed by atoms with Crippen molar-refractivity contribution in [3.05, 3.63) is 93.5 Å². The number of fused-ring (bicyclic) bond motifs is 1. The van der Waals surface area contributed by atoms with Crippen LogP contribution in [0.2, 0.25) is 0 Å². The Labute approximate surface area is 190 Å². The lowest BCUT2D eigenvalue weighted by molar-refractivity contribution is -0.385. The van der Waals surface area contributed by atoms with Crippen LogP contribution in [0.15, 0.2) is 66.7 Å². The van der Waals surface area contributed by atoms with Crippen LogP contribution in [0, 0.1) is 10.1 Å². The van der Waals surface area contributed by atoms with Gasteiger partial charge in [0, 0.05) is 25.2 Å². The van der Waals surface area contributed by atoms with Crippen LogP contribution in [-0.2, 0) is 6.42 Å². The molecule has 1 aliphatic rings. The summed E-state index contributed by atoms with van der Waals surface area (Å²) >= 11 is 0. The summed E-state index contributed by atoms with van der Waals surface area (Å²) in [6.45, 7) is 0.809. The van der Waals surface area contributed by atoms with Crippen molar-refractivity contribution in [2.24, 2.45) is 0 Å². The molecule has 0 amide bonds. The van der Waals surface area contributed by atoms with Crippen molar-refractivity contribution in [1.82, 2.24) is 5.32 Å². The molecule has 3 N–H and O–H groups in total. The van der Waals surface area contributed by atoms with Gasteiger partial charge in [0.2, 0.25) is 0 Å². The average Bonchev–Trinajstić information content (AvgIpc) is 2.83. The highest BCUT2D eigenvalue weighted by atomic mass is 16.6. The molecular formula is C25H24N2O6. The van der Waals surface area contributed by atoms with Gasteiger partial charge < -0.3 is 20.3 Å². The number of aromatic carboxylic acids is 1. The second-order valence-corrected chi connectivity index (χ2v) is 8.01. The minimum Gasteiger partial charge on any atom is -0.489 e. The average molecular weight is 448 g/mol. The molecule has 8 heteroatoms. The van der Waals surface area contributed by atoms with Gasteiger partial charge in [-0.3, -0.25) is 10.1 Å². The lowest BCUT2D eigenvalue weighted by atomic mass is 9.96. The molecule has 1 heterocycles. The summed E-state index contributed by atoms with van der Waals surface area (Å²) < 4.78 is 6.10. The van der Waals surface area contributed by atoms with Crippen molar-refractivity contribution >= 4 is 11.7 Å². The highest BCUT2D eigenvalue weighted by Crippen LogP contribution is 2.32. The zero-order valence-corrected chi connectivity index (χ0v) is 17.8. The van der Waals surface area contributed by atoms with Crippen LogP contribution in [0.3, 0.4) is 0 Å². The molecule has 3 aromatic carbocycles. The Morgan fingerprint density at radius 3 is 2.61 bits per heavy atom. The van der Waals surface area contributed by atoms with Gasteiger partial charge in [-0.2, -0.15) is 0 Å². The van der Waals surface area contributed by atoms with E-state index >= 15 is 0 Å². The molecule has 0 radical (unpaired) electrons. The van der Waals surface area contributed by atoms with Crippen LogP contribution in [0.1, 0.15) is 34.0 Å². The molecule has 3 aromatic rings. The van der Waals surface area contributed by atoms with Crippen LogP contribution >= 0.6 is 0 Å². The topological polar surface area (TPSA) is 122 Å². The number of carboxylic acid groups (broad SMARTS) is 1. The monoisotopic (exact) mass is 448 g/mol. The van der Waals surface area contributed by atoms with Crippen molar-refractivity contribution in [2.75, 3.05) is 13.1 Å². The Bertz CT molecular complexity index is 1160. The number of aryl methyl sites for hydroxylation is 1. The summed E-state index contributed by atoms with van der Waals surface area (Å²) in [7, 11) is 0. The number of nitro groups is 1. The van der Waals surface area contributed by atoms with E-state index in [4.69, 9.17) is 9.84 Å². The lowest BCUT2D eigenvalue weighted by Gasteiger charge is -2.27. The highest BCUT2D eigenvalue weighted by Gasteiger charge is 2.21. The van der Waals surface area contributed by atoms with Gasteiger partial charge in [-0.05, 0) is 59.4 Å². The van der Waals surface area contributed by atoms with Gasteiger partial charge in [-0.25, -0.2) is 4.79 Å². The largest absolute Gasteiger partial charge is 0.489 e. The molecule has 0 fully saturated rings. The number of benzene rings is 3. The Morgan fingerprint density at radius 1 is 1.12 bits per heavy atom. The molecule has 8 nitrogen and oxygen atoms in total. The summed E-state index contributed by atoms with van der Waals surface area (Å²) in [5, 5.41) is 33.5. The van der Waals surface area contributed by atoms with Crippen LogP contribution in [0.5, 0.6) is 5.75 Å². The first-order valence-electron chi connectivity index (χ1n) is 10.7. The van der Waals surface area contributed by atoms with E-state index in [1.165, 1.54) is 12.1 Å². The fraction of sp³-hybridized carbons (Fsp3) is 0.240. The number of nitrogens with zero attached hydrogens (tertiary/aromatic N) is 1. The second kappa shape index (κ2) is 9.81. The number of non-ortho nitro benzene ring substituents is 1. The van der Waals surface area contributed by atoms with E-state index < -0.39 is 17.0 Å². The maximum absolute atomic E-state index is 11.0. The number of aliphatic hydroxyl groups excluding tert-OH is 1. The van der Waals surface area contributed by atoms with E-state index in [2.05, 4.69) is 11.4 Å². The highest BCUT2D eigenvalue weighted by molar-refractivity contribution is 5.88. The smallest absolute Gasteiger partial charge is 0.335 e. The van der Waals surface area contributed by atoms with Crippen molar-refractivity contribution in [2.45, 2.75) is 25.0 Å². The molecular weight excluding hydrogens is 424 g/mol. The molecule has 2 atom stereocenters. The van der Waals surface area contributed by atoms with Crippen molar-refractivity contribution < 1.29 is 24.7 Å². The number of nitro benzene ring substituents is 1. The minimum absolute atomic E-state index is 0.0454. The number of carbonyl (C=O) groups is 1. The quantitative estimate of drug-likeness (QED) is 0.352. The number of rotatable bonds is 8. The predicted octanol–water partition coefficient (Wildman–Crippen LogP) is 3.98. The van der Waals surface area contributed by atoms with Gasteiger partial charge in [0.15, 0.2) is 0 Å². The first-order chi connectivity index (χ1) is 15.9. The van der Waals surface area contributed by atoms with Crippen LogP contribution in [-0.4, -0.2) is 40.3 Å². The number of hydrogen-bond acceptors (Lipinski definition) is 6. The molecule has 1 unspecified atom stereocenters. The van der Waals surface area contributed by atoms with Crippen molar-refractivity contribution in [3.63, 3.8) is 0 Å². The fourth-order valence-electron chi connectivity index (χ4n) is 3.92. The van der Waals surface area contributed by atoms with Gasteiger partial charge in [-0.15, -0.1) is 0 Å². The number of hydrogen-bond donors (Lipinski definition) is 3. The van der Waals surface area contributed by atoms with Crippen LogP contribution in [0.4, 0.5) is 5.69 Å². The lowest BCUT2D eigenvalue weighted by Crippen LogP contribution is -2.36. The van der Waals surface area contributed by atoms with E-state index in [9.17, 15) is 20.0 Å². The number of aliphatic hydroxyl groups is 1. The normalized spacial score (nSPS) is 15.8. The Kier molecular flexibility index (Phi) is 6.67. The van der Waals surface area contributed by atoms with Gasteiger partial charge in [-0.1, -0.05) is 30.3 Å². The molecule has 0 aromatic heterocycles. The van der Waals surface area contributed by atoms with Crippen LogP contribution in [0.25, 0.3) is 11.1 Å². The third-order valence-corrected chi connectivity index (χ3v) is 5.73. The zero-order valence-electron chi connectivity index (χ0n) is 17.8. The van der Waals surface area contributed by atoms with Crippen molar-refractivity contribution in [3.8, 4) is 16.9 Å². The molecule has 0 saturated carbocycles. The van der Waals surface area contributed by atoms with E-state index in [-0.39, 0.29) is 23.9 Å². The summed E-state index contributed by atoms with van der Waals surface area (Å²) in [5.74, 6) is -0.129. The van der Waals surface area contributed by atoms with E-state index in [0.29, 0.717) is 12.1 Å². The summed E-state index contributed by atoms with van der Waals surface area (Å²) in [6.07, 6.45) is 0.760.